The lowest BCUT2D eigenvalue weighted by molar-refractivity contribution is -0.140. The zero-order valence-electron chi connectivity index (χ0n) is 42.0. The maximum Gasteiger partial charge on any atom is 0.276 e. The monoisotopic (exact) mass is 1030 g/mol. The summed E-state index contributed by atoms with van der Waals surface area (Å²) >= 11 is 1.37. The SMILES string of the molecule is CNC(C)C(=O)NC(C(=O)N1CCC[C@H]1c1nc(C(=O)c2cccc(OCCOCCC(=O)N3CC(C(c4ccccc4)n4cc(NC(=O)c5n[nH]c6c5C[C@@H]5C(F)(F)[C@]5(C)C6)cn4)C3)c2)cs1)C1CCCCC1. The number of alkyl halides is 2. The Morgan fingerprint density at radius 2 is 1.76 bits per heavy atom. The third-order valence-electron chi connectivity index (χ3n) is 16.1. The van der Waals surface area contributed by atoms with E-state index in [2.05, 4.69) is 31.2 Å². The van der Waals surface area contributed by atoms with E-state index in [1.54, 1.807) is 72.5 Å². The highest BCUT2D eigenvalue weighted by Gasteiger charge is 2.78. The molecule has 5 aliphatic rings. The van der Waals surface area contributed by atoms with Gasteiger partial charge >= 0.3 is 0 Å². The predicted molar refractivity (Wildman–Crippen MR) is 271 cm³/mol. The van der Waals surface area contributed by atoms with Crippen molar-refractivity contribution in [2.75, 3.05) is 51.8 Å². The first-order valence-electron chi connectivity index (χ1n) is 25.9. The molecular formula is C54H64F2N10O7S. The van der Waals surface area contributed by atoms with Crippen molar-refractivity contribution in [3.05, 3.63) is 111 Å². The van der Waals surface area contributed by atoms with Crippen LogP contribution in [0, 0.1) is 23.2 Å². The maximum absolute atomic E-state index is 14.5. The highest BCUT2D eigenvalue weighted by Crippen LogP contribution is 2.70. The smallest absolute Gasteiger partial charge is 0.276 e. The standard InChI is InChI=1S/C54H64F2N10O7S/c1-32(57-3)49(69)61-45(33-12-6-4-7-13-33)52(71)65-20-11-18-42(65)51-60-41(31-74-51)48(68)35-16-10-17-38(24-35)73-23-22-72-21-19-44(67)64-28-36(29-64)47(34-14-8-5-9-15-34)66-30-37(27-58-66)59-50(70)46-39-25-43-53(2,54(43,55)56)26-40(39)62-63-46/h5,8-10,14-17,24,27,30-33,36,42-43,45,47,57H,4,6-7,11-13,18-23,25-26,28-29H2,1-3H3,(H,59,70)(H,61,69)(H,62,63)/t32?,42-,43-,45?,47?,53+/m0/s1. The van der Waals surface area contributed by atoms with Crippen LogP contribution in [-0.4, -0.2) is 129 Å². The molecule has 10 rings (SSSR count). The molecule has 2 aliphatic heterocycles. The molecule has 2 aromatic carbocycles. The number of halogens is 2. The Labute approximate surface area is 432 Å². The molecule has 2 saturated carbocycles. The van der Waals surface area contributed by atoms with Gasteiger partial charge in [0.05, 0.1) is 49.6 Å². The highest BCUT2D eigenvalue weighted by atomic mass is 32.1. The lowest BCUT2D eigenvalue weighted by Crippen LogP contribution is -2.55. The van der Waals surface area contributed by atoms with Crippen LogP contribution < -0.4 is 20.7 Å². The number of aromatic nitrogens is 5. The van der Waals surface area contributed by atoms with E-state index < -0.39 is 35.2 Å². The largest absolute Gasteiger partial charge is 0.491 e. The van der Waals surface area contributed by atoms with Crippen molar-refractivity contribution in [1.82, 2.24) is 45.4 Å². The number of thiazole rings is 1. The van der Waals surface area contributed by atoms with Crippen LogP contribution in [0.4, 0.5) is 14.5 Å². The number of carbonyl (C=O) groups excluding carboxylic acids is 5. The second-order valence-electron chi connectivity index (χ2n) is 20.8. The number of hydrogen-bond acceptors (Lipinski definition) is 12. The third kappa shape index (κ3) is 10.2. The summed E-state index contributed by atoms with van der Waals surface area (Å²) in [7, 11) is 1.73. The number of ketones is 1. The molecule has 3 unspecified atom stereocenters. The van der Waals surface area contributed by atoms with E-state index in [0.29, 0.717) is 58.6 Å². The van der Waals surface area contributed by atoms with Crippen LogP contribution in [0.3, 0.4) is 0 Å². The van der Waals surface area contributed by atoms with Crippen molar-refractivity contribution >= 4 is 46.4 Å². The van der Waals surface area contributed by atoms with Crippen LogP contribution in [0.25, 0.3) is 0 Å². The van der Waals surface area contributed by atoms with Gasteiger partial charge in [-0.2, -0.15) is 10.2 Å². The zero-order valence-corrected chi connectivity index (χ0v) is 42.8. The van der Waals surface area contributed by atoms with Gasteiger partial charge in [0.1, 0.15) is 29.1 Å². The number of likely N-dealkylation sites (tertiary alicyclic amines) is 2. The Bertz CT molecular complexity index is 2860. The maximum atomic E-state index is 14.5. The molecule has 3 aromatic heterocycles. The third-order valence-corrected chi connectivity index (χ3v) is 17.1. The van der Waals surface area contributed by atoms with Crippen LogP contribution in [0.15, 0.2) is 72.4 Å². The summed E-state index contributed by atoms with van der Waals surface area (Å²) in [5.41, 5.74) is 2.30. The van der Waals surface area contributed by atoms with Crippen molar-refractivity contribution in [1.29, 1.82) is 0 Å². The molecule has 4 fully saturated rings. The predicted octanol–water partition coefficient (Wildman–Crippen LogP) is 6.79. The molecule has 0 bridgehead atoms. The first kappa shape index (κ1) is 51.1. The number of likely N-dealkylation sites (N-methyl/N-ethyl adjacent to an activating group) is 1. The van der Waals surface area contributed by atoms with Gasteiger partial charge in [0, 0.05) is 71.7 Å². The van der Waals surface area contributed by atoms with Crippen molar-refractivity contribution in [3.63, 3.8) is 0 Å². The van der Waals surface area contributed by atoms with Crippen LogP contribution in [-0.2, 0) is 32.0 Å². The van der Waals surface area contributed by atoms with Crippen LogP contribution in [0.2, 0.25) is 0 Å². The Balaban J connectivity index is 0.673. The average molecular weight is 1040 g/mol. The summed E-state index contributed by atoms with van der Waals surface area (Å²) in [4.78, 5) is 76.0. The number of aromatic amines is 1. The van der Waals surface area contributed by atoms with Crippen molar-refractivity contribution in [2.45, 2.75) is 108 Å². The number of rotatable bonds is 20. The Hall–Kier alpha value is -6.38. The van der Waals surface area contributed by atoms with Crippen LogP contribution in [0.5, 0.6) is 5.75 Å². The van der Waals surface area contributed by atoms with E-state index in [1.165, 1.54) is 11.3 Å². The number of anilines is 1. The molecule has 392 valence electrons. The average Bonchev–Trinajstić information content (AvgIpc) is 4.18. The first-order valence-corrected chi connectivity index (χ1v) is 26.8. The van der Waals surface area contributed by atoms with Crippen molar-refractivity contribution < 1.29 is 42.2 Å². The topological polar surface area (TPSA) is 206 Å². The summed E-state index contributed by atoms with van der Waals surface area (Å²) in [6, 6.07) is 15.2. The summed E-state index contributed by atoms with van der Waals surface area (Å²) in [5.74, 6) is -4.01. The van der Waals surface area contributed by atoms with Gasteiger partial charge in [0.25, 0.3) is 11.8 Å². The number of ether oxygens (including phenoxy) is 2. The number of H-pyrrole nitrogens is 1. The van der Waals surface area contributed by atoms with Crippen molar-refractivity contribution in [2.24, 2.45) is 23.2 Å². The number of nitrogens with one attached hydrogen (secondary N) is 4. The zero-order chi connectivity index (χ0) is 51.7. The van der Waals surface area contributed by atoms with Gasteiger partial charge in [-0.3, -0.25) is 33.8 Å². The summed E-state index contributed by atoms with van der Waals surface area (Å²) in [5, 5.41) is 23.0. The molecule has 0 radical (unpaired) electrons. The number of carbonyl (C=O) groups is 5. The van der Waals surface area contributed by atoms with Crippen LogP contribution >= 0.6 is 11.3 Å². The van der Waals surface area contributed by atoms with E-state index in [4.69, 9.17) is 14.5 Å². The van der Waals surface area contributed by atoms with Gasteiger partial charge in [-0.25, -0.2) is 13.8 Å². The Morgan fingerprint density at radius 1 is 0.959 bits per heavy atom. The van der Waals surface area contributed by atoms with Gasteiger partial charge in [-0.05, 0) is 69.7 Å². The fraction of sp³-hybridized carbons (Fsp3) is 0.519. The number of fused-ring (bicyclic) bond motifs is 2. The van der Waals surface area contributed by atoms with Gasteiger partial charge in [0.2, 0.25) is 23.5 Å². The lowest BCUT2D eigenvalue weighted by Gasteiger charge is -2.43. The van der Waals surface area contributed by atoms with E-state index >= 15 is 0 Å². The minimum atomic E-state index is -2.77. The lowest BCUT2D eigenvalue weighted by atomic mass is 9.83. The van der Waals surface area contributed by atoms with Gasteiger partial charge in [0.15, 0.2) is 5.69 Å². The number of hydrogen-bond donors (Lipinski definition) is 4. The fourth-order valence-electron chi connectivity index (χ4n) is 11.5. The first-order chi connectivity index (χ1) is 35.7. The van der Waals surface area contributed by atoms with E-state index in [9.17, 15) is 32.8 Å². The molecule has 5 aromatic rings. The number of benzene rings is 2. The second kappa shape index (κ2) is 21.5. The molecule has 2 saturated heterocycles. The Morgan fingerprint density at radius 3 is 2.54 bits per heavy atom. The Kier molecular flexibility index (Phi) is 14.8. The summed E-state index contributed by atoms with van der Waals surface area (Å²) in [6.07, 6.45) is 10.3. The molecule has 6 atom stereocenters. The highest BCUT2D eigenvalue weighted by molar-refractivity contribution is 7.10. The summed E-state index contributed by atoms with van der Waals surface area (Å²) in [6.45, 7) is 5.57. The van der Waals surface area contributed by atoms with Crippen molar-refractivity contribution in [3.8, 4) is 5.75 Å². The second-order valence-corrected chi connectivity index (χ2v) is 21.7. The molecule has 74 heavy (non-hydrogen) atoms. The van der Waals surface area contributed by atoms with E-state index in [-0.39, 0.29) is 92.2 Å². The molecular weight excluding hydrogens is 971 g/mol. The van der Waals surface area contributed by atoms with Crippen LogP contribution in [0.1, 0.15) is 126 Å². The van der Waals surface area contributed by atoms with Gasteiger partial charge in [-0.15, -0.1) is 11.3 Å². The van der Waals surface area contributed by atoms with E-state index in [1.807, 2.05) is 35.2 Å². The molecule has 3 aliphatic carbocycles. The number of amides is 4. The fourth-order valence-corrected chi connectivity index (χ4v) is 12.5. The quantitative estimate of drug-likeness (QED) is 0.0472. The molecule has 17 nitrogen and oxygen atoms in total. The number of nitrogens with zero attached hydrogens (tertiary/aromatic N) is 6. The van der Waals surface area contributed by atoms with Gasteiger partial charge < -0.3 is 35.2 Å². The molecule has 4 amide bonds. The normalized spacial score (nSPS) is 22.4. The summed E-state index contributed by atoms with van der Waals surface area (Å²) < 4.78 is 42.6. The molecule has 5 heterocycles. The minimum Gasteiger partial charge on any atom is -0.491 e. The minimum absolute atomic E-state index is 0.0374. The molecule has 20 heteroatoms. The molecule has 4 N–H and O–H groups in total. The molecule has 0 spiro atoms. The van der Waals surface area contributed by atoms with E-state index in [0.717, 1.165) is 50.5 Å². The van der Waals surface area contributed by atoms with Gasteiger partial charge in [-0.1, -0.05) is 68.7 Å².